The van der Waals surface area contributed by atoms with Crippen molar-refractivity contribution in [3.05, 3.63) is 22.6 Å². The van der Waals surface area contributed by atoms with Gasteiger partial charge >= 0.3 is 0 Å². The van der Waals surface area contributed by atoms with Gasteiger partial charge in [-0.25, -0.2) is 13.8 Å². The van der Waals surface area contributed by atoms with E-state index in [1.54, 1.807) is 12.3 Å². The highest BCUT2D eigenvalue weighted by atomic mass is 79.9. The van der Waals surface area contributed by atoms with Crippen LogP contribution in [0.1, 0.15) is 31.9 Å². The molecule has 0 aromatic carbocycles. The maximum absolute atomic E-state index is 13.8. The van der Waals surface area contributed by atoms with Gasteiger partial charge in [0.25, 0.3) is 5.92 Å². The summed E-state index contributed by atoms with van der Waals surface area (Å²) in [5.41, 5.74) is 0.662. The Balaban J connectivity index is 2.14. The Morgan fingerprint density at radius 2 is 2.17 bits per heavy atom. The van der Waals surface area contributed by atoms with Crippen LogP contribution < -0.4 is 0 Å². The molecular formula is C12H12BrF2N3. The highest BCUT2D eigenvalue weighted by molar-refractivity contribution is 9.10. The van der Waals surface area contributed by atoms with Crippen LogP contribution in [0.4, 0.5) is 8.78 Å². The molecule has 0 radical (unpaired) electrons. The van der Waals surface area contributed by atoms with Gasteiger partial charge in [0.2, 0.25) is 0 Å². The number of alkyl halides is 2. The predicted molar refractivity (Wildman–Crippen MR) is 67.7 cm³/mol. The van der Waals surface area contributed by atoms with E-state index in [0.29, 0.717) is 34.3 Å². The number of aromatic amines is 1. The van der Waals surface area contributed by atoms with Crippen LogP contribution in [0.15, 0.2) is 16.9 Å². The first-order valence-corrected chi connectivity index (χ1v) is 6.61. The van der Waals surface area contributed by atoms with Gasteiger partial charge in [-0.3, -0.25) is 4.98 Å². The van der Waals surface area contributed by atoms with E-state index in [1.165, 1.54) is 0 Å². The Hall–Kier alpha value is -1.04. The zero-order valence-corrected chi connectivity index (χ0v) is 11.4. The molecule has 0 amide bonds. The fourth-order valence-corrected chi connectivity index (χ4v) is 2.89. The SMILES string of the molecule is CC(F)(F)C1(c2cc3ncc(Br)nc3[nH]2)CCC1. The summed E-state index contributed by atoms with van der Waals surface area (Å²) in [5, 5.41) is 0. The lowest BCUT2D eigenvalue weighted by molar-refractivity contribution is -0.0985. The quantitative estimate of drug-likeness (QED) is 0.916. The van der Waals surface area contributed by atoms with Gasteiger partial charge in [-0.15, -0.1) is 0 Å². The Morgan fingerprint density at radius 1 is 1.44 bits per heavy atom. The van der Waals surface area contributed by atoms with Gasteiger partial charge in [0.05, 0.1) is 11.6 Å². The monoisotopic (exact) mass is 315 g/mol. The summed E-state index contributed by atoms with van der Waals surface area (Å²) in [6.07, 6.45) is 3.41. The van der Waals surface area contributed by atoms with Gasteiger partial charge in [0, 0.05) is 12.6 Å². The summed E-state index contributed by atoms with van der Waals surface area (Å²) < 4.78 is 28.3. The molecule has 0 spiro atoms. The maximum Gasteiger partial charge on any atom is 0.256 e. The number of aromatic nitrogens is 3. The molecule has 2 heterocycles. The molecule has 6 heteroatoms. The second kappa shape index (κ2) is 3.73. The third-order valence-corrected chi connectivity index (χ3v) is 4.25. The molecule has 0 aliphatic heterocycles. The fourth-order valence-electron chi connectivity index (χ4n) is 2.61. The van der Waals surface area contributed by atoms with Crippen LogP contribution in [0.5, 0.6) is 0 Å². The molecule has 96 valence electrons. The maximum atomic E-state index is 13.8. The molecule has 0 unspecified atom stereocenters. The average Bonchev–Trinajstić information content (AvgIpc) is 2.55. The summed E-state index contributed by atoms with van der Waals surface area (Å²) in [6.45, 7) is 0.994. The Bertz CT molecular complexity index is 599. The number of hydrogen-bond acceptors (Lipinski definition) is 2. The largest absolute Gasteiger partial charge is 0.341 e. The van der Waals surface area contributed by atoms with Crippen molar-refractivity contribution in [2.24, 2.45) is 0 Å². The number of H-pyrrole nitrogens is 1. The molecule has 3 rings (SSSR count). The van der Waals surface area contributed by atoms with Gasteiger partial charge in [-0.05, 0) is 34.8 Å². The third kappa shape index (κ3) is 1.58. The lowest BCUT2D eigenvalue weighted by atomic mass is 9.63. The van der Waals surface area contributed by atoms with E-state index in [-0.39, 0.29) is 0 Å². The highest BCUT2D eigenvalue weighted by Crippen LogP contribution is 2.53. The summed E-state index contributed by atoms with van der Waals surface area (Å²) >= 11 is 3.22. The van der Waals surface area contributed by atoms with Crippen LogP contribution in [0.3, 0.4) is 0 Å². The van der Waals surface area contributed by atoms with Gasteiger partial charge in [-0.1, -0.05) is 6.42 Å². The Morgan fingerprint density at radius 3 is 2.72 bits per heavy atom. The molecule has 1 N–H and O–H groups in total. The minimum absolute atomic E-state index is 0.504. The van der Waals surface area contributed by atoms with Crippen molar-refractivity contribution >= 4 is 27.1 Å². The molecule has 2 aromatic heterocycles. The molecule has 1 saturated carbocycles. The standard InChI is InChI=1S/C12H12BrF2N3/c1-11(14,15)12(3-2-4-12)8-5-7-10(17-8)18-9(13)6-16-7/h5-6H,2-4H2,1H3,(H,17,18). The number of nitrogens with one attached hydrogen (secondary N) is 1. The molecule has 2 aromatic rings. The number of hydrogen-bond donors (Lipinski definition) is 1. The Labute approximate surface area is 111 Å². The van der Waals surface area contributed by atoms with Crippen molar-refractivity contribution in [3.8, 4) is 0 Å². The first kappa shape index (κ1) is 12.0. The van der Waals surface area contributed by atoms with Crippen molar-refractivity contribution in [2.75, 3.05) is 0 Å². The predicted octanol–water partition coefficient (Wildman–Crippen LogP) is 3.80. The number of fused-ring (bicyclic) bond motifs is 1. The fraction of sp³-hybridized carbons (Fsp3) is 0.500. The molecule has 0 bridgehead atoms. The highest BCUT2D eigenvalue weighted by Gasteiger charge is 2.56. The van der Waals surface area contributed by atoms with Crippen LogP contribution in [0.2, 0.25) is 0 Å². The van der Waals surface area contributed by atoms with Gasteiger partial charge < -0.3 is 4.98 Å². The van der Waals surface area contributed by atoms with Crippen molar-refractivity contribution < 1.29 is 8.78 Å². The van der Waals surface area contributed by atoms with Gasteiger partial charge in [0.1, 0.15) is 10.1 Å². The minimum atomic E-state index is -2.73. The van der Waals surface area contributed by atoms with Crippen molar-refractivity contribution in [1.82, 2.24) is 15.0 Å². The van der Waals surface area contributed by atoms with Crippen molar-refractivity contribution in [2.45, 2.75) is 37.5 Å². The molecule has 0 atom stereocenters. The first-order chi connectivity index (χ1) is 8.42. The van der Waals surface area contributed by atoms with Crippen LogP contribution in [0, 0.1) is 0 Å². The Kier molecular flexibility index (Phi) is 2.49. The average molecular weight is 316 g/mol. The van der Waals surface area contributed by atoms with E-state index >= 15 is 0 Å². The van der Waals surface area contributed by atoms with Crippen LogP contribution >= 0.6 is 15.9 Å². The summed E-state index contributed by atoms with van der Waals surface area (Å²) in [5.74, 6) is -2.73. The molecule has 1 aliphatic rings. The number of nitrogens with zero attached hydrogens (tertiary/aromatic N) is 2. The molecule has 0 saturated heterocycles. The second-order valence-corrected chi connectivity index (χ2v) is 5.75. The van der Waals surface area contributed by atoms with Crippen molar-refractivity contribution in [1.29, 1.82) is 0 Å². The van der Waals surface area contributed by atoms with Gasteiger partial charge in [0.15, 0.2) is 5.65 Å². The molecule has 3 nitrogen and oxygen atoms in total. The zero-order chi connectivity index (χ0) is 13.0. The van der Waals surface area contributed by atoms with Crippen LogP contribution in [-0.2, 0) is 5.41 Å². The first-order valence-electron chi connectivity index (χ1n) is 5.82. The smallest absolute Gasteiger partial charge is 0.256 e. The van der Waals surface area contributed by atoms with Crippen LogP contribution in [0.25, 0.3) is 11.2 Å². The third-order valence-electron chi connectivity index (χ3n) is 3.87. The normalized spacial score (nSPS) is 18.9. The lowest BCUT2D eigenvalue weighted by Crippen LogP contribution is -2.49. The van der Waals surface area contributed by atoms with E-state index in [1.807, 2.05) is 0 Å². The lowest BCUT2D eigenvalue weighted by Gasteiger charge is -2.45. The van der Waals surface area contributed by atoms with E-state index in [9.17, 15) is 8.78 Å². The van der Waals surface area contributed by atoms with E-state index in [2.05, 4.69) is 30.9 Å². The van der Waals surface area contributed by atoms with E-state index in [0.717, 1.165) is 13.3 Å². The topological polar surface area (TPSA) is 41.6 Å². The van der Waals surface area contributed by atoms with Gasteiger partial charge in [-0.2, -0.15) is 0 Å². The summed E-state index contributed by atoms with van der Waals surface area (Å²) in [7, 11) is 0. The zero-order valence-electron chi connectivity index (χ0n) is 9.80. The molecular weight excluding hydrogens is 304 g/mol. The molecule has 1 fully saturated rings. The van der Waals surface area contributed by atoms with Crippen LogP contribution in [-0.4, -0.2) is 20.9 Å². The van der Waals surface area contributed by atoms with Crippen molar-refractivity contribution in [3.63, 3.8) is 0 Å². The second-order valence-electron chi connectivity index (χ2n) is 4.93. The minimum Gasteiger partial charge on any atom is -0.341 e. The number of halogens is 3. The summed E-state index contributed by atoms with van der Waals surface area (Å²) in [4.78, 5) is 11.4. The van der Waals surface area contributed by atoms with E-state index in [4.69, 9.17) is 0 Å². The molecule has 1 aliphatic carbocycles. The number of rotatable bonds is 2. The van der Waals surface area contributed by atoms with E-state index < -0.39 is 11.3 Å². The summed E-state index contributed by atoms with van der Waals surface area (Å²) in [6, 6.07) is 1.70. The molecule has 18 heavy (non-hydrogen) atoms.